The Bertz CT molecular complexity index is 1670. The number of nitrogens with two attached hydrogens (primary N) is 2. The second kappa shape index (κ2) is 17.9. The lowest BCUT2D eigenvalue weighted by Crippen LogP contribution is -2.29. The summed E-state index contributed by atoms with van der Waals surface area (Å²) in [5.74, 6) is -0.697. The third kappa shape index (κ3) is 11.2. The van der Waals surface area contributed by atoms with Crippen LogP contribution in [0.2, 0.25) is 0 Å². The third-order valence-electron chi connectivity index (χ3n) is 5.72. The summed E-state index contributed by atoms with van der Waals surface area (Å²) in [6.45, 7) is 0. The maximum atomic E-state index is 11.5. The molecule has 0 fully saturated rings. The Morgan fingerprint density at radius 2 is 1.24 bits per heavy atom. The first-order valence-electron chi connectivity index (χ1n) is 12.5. The highest BCUT2D eigenvalue weighted by molar-refractivity contribution is 14.1. The van der Waals surface area contributed by atoms with Crippen LogP contribution in [0.5, 0.6) is 0 Å². The summed E-state index contributed by atoms with van der Waals surface area (Å²) in [7, 11) is 1.52. The molecule has 0 saturated heterocycles. The molecule has 0 aliphatic rings. The SMILES string of the molecule is C.CNC(=O)c1ccc(-c2cccc(N)c2)c([N+](=O)[O-])c1.CNC(=O)c1ccc(I)c([N+](=O)[O-])c1.Nc1cccc(B(O)O)c1. The van der Waals surface area contributed by atoms with Gasteiger partial charge in [-0.15, -0.1) is 0 Å². The van der Waals surface area contributed by atoms with Crippen molar-refractivity contribution in [2.24, 2.45) is 0 Å². The van der Waals surface area contributed by atoms with Crippen LogP contribution >= 0.6 is 22.6 Å². The molecule has 4 rings (SSSR count). The molecule has 0 radical (unpaired) electrons. The van der Waals surface area contributed by atoms with Crippen LogP contribution in [-0.2, 0) is 0 Å². The normalized spacial score (nSPS) is 9.53. The second-order valence-electron chi connectivity index (χ2n) is 8.74. The van der Waals surface area contributed by atoms with Crippen molar-refractivity contribution >= 4 is 69.7 Å². The molecule has 0 aliphatic carbocycles. The zero-order valence-electron chi connectivity index (χ0n) is 23.4. The highest BCUT2D eigenvalue weighted by Crippen LogP contribution is 2.31. The standard InChI is InChI=1S/C14H13N3O3.C8H7IN2O3.C6H8BNO2.CH4/c1-16-14(18)10-5-6-12(13(8-10)17(19)20)9-3-2-4-11(15)7-9;1-10-8(12)5-2-3-6(9)7(4-5)11(13)14;8-6-3-1-2-5(4-6)7(9)10;/h2-8H,15H2,1H3,(H,16,18);2-4H,1H3,(H,10,12);1-4,9-10H,8H2;1H4. The van der Waals surface area contributed by atoms with Crippen LogP contribution in [0.1, 0.15) is 28.1 Å². The fourth-order valence-electron chi connectivity index (χ4n) is 3.58. The van der Waals surface area contributed by atoms with Crippen LogP contribution in [0.4, 0.5) is 22.7 Å². The monoisotopic (exact) mass is 730 g/mol. The first-order chi connectivity index (χ1) is 20.8. The molecule has 0 aromatic heterocycles. The summed E-state index contributed by atoms with van der Waals surface area (Å²) in [4.78, 5) is 43.4. The van der Waals surface area contributed by atoms with Crippen molar-refractivity contribution in [2.45, 2.75) is 7.43 Å². The molecular formula is C29H32BIN6O8. The Balaban J connectivity index is 0.000000355. The Kier molecular flexibility index (Phi) is 15.1. The van der Waals surface area contributed by atoms with E-state index in [0.717, 1.165) is 0 Å². The number of nitrogens with one attached hydrogen (secondary N) is 2. The maximum Gasteiger partial charge on any atom is 0.488 e. The molecule has 0 atom stereocenters. The van der Waals surface area contributed by atoms with Crippen molar-refractivity contribution in [1.29, 1.82) is 0 Å². The number of nitro groups is 2. The number of nitrogen functional groups attached to an aromatic ring is 2. The van der Waals surface area contributed by atoms with E-state index in [1.165, 1.54) is 32.3 Å². The van der Waals surface area contributed by atoms with Crippen molar-refractivity contribution in [2.75, 3.05) is 25.6 Å². The van der Waals surface area contributed by atoms with Gasteiger partial charge in [-0.25, -0.2) is 0 Å². The van der Waals surface area contributed by atoms with Crippen molar-refractivity contribution in [3.8, 4) is 11.1 Å². The van der Waals surface area contributed by atoms with Gasteiger partial charge in [0.2, 0.25) is 0 Å². The summed E-state index contributed by atoms with van der Waals surface area (Å²) < 4.78 is 0.514. The fraction of sp³-hybridized carbons (Fsp3) is 0.103. The highest BCUT2D eigenvalue weighted by atomic mass is 127. The second-order valence-corrected chi connectivity index (χ2v) is 9.90. The molecule has 8 N–H and O–H groups in total. The molecule has 0 heterocycles. The van der Waals surface area contributed by atoms with Gasteiger partial charge >= 0.3 is 7.12 Å². The number of nitrogens with zero attached hydrogens (tertiary/aromatic N) is 2. The molecule has 2 amide bonds. The van der Waals surface area contributed by atoms with Gasteiger partial charge in [0, 0.05) is 48.7 Å². The predicted molar refractivity (Wildman–Crippen MR) is 183 cm³/mol. The molecule has 4 aromatic carbocycles. The number of hydrogen-bond donors (Lipinski definition) is 6. The van der Waals surface area contributed by atoms with Gasteiger partial charge in [-0.3, -0.25) is 29.8 Å². The summed E-state index contributed by atoms with van der Waals surface area (Å²) >= 11 is 1.85. The summed E-state index contributed by atoms with van der Waals surface area (Å²) in [5.41, 5.74) is 14.0. The number of anilines is 2. The third-order valence-corrected chi connectivity index (χ3v) is 6.63. The number of rotatable bonds is 6. The minimum Gasteiger partial charge on any atom is -0.423 e. The fourth-order valence-corrected chi connectivity index (χ4v) is 4.11. The van der Waals surface area contributed by atoms with Gasteiger partial charge < -0.3 is 32.1 Å². The number of hydrogen-bond acceptors (Lipinski definition) is 10. The minimum absolute atomic E-state index is 0. The van der Waals surface area contributed by atoms with E-state index >= 15 is 0 Å². The van der Waals surface area contributed by atoms with Crippen LogP contribution in [0.3, 0.4) is 0 Å². The van der Waals surface area contributed by atoms with E-state index in [1.54, 1.807) is 66.7 Å². The van der Waals surface area contributed by atoms with Crippen LogP contribution in [0.25, 0.3) is 11.1 Å². The largest absolute Gasteiger partial charge is 0.488 e. The first-order valence-corrected chi connectivity index (χ1v) is 13.6. The molecule has 0 unspecified atom stereocenters. The average molecular weight is 730 g/mol. The van der Waals surface area contributed by atoms with Crippen molar-refractivity contribution in [3.63, 3.8) is 0 Å². The molecule has 0 bridgehead atoms. The zero-order chi connectivity index (χ0) is 33.0. The lowest BCUT2D eigenvalue weighted by atomic mass is 9.80. The van der Waals surface area contributed by atoms with Gasteiger partial charge in [-0.1, -0.05) is 31.7 Å². The van der Waals surface area contributed by atoms with Crippen LogP contribution < -0.4 is 27.6 Å². The Labute approximate surface area is 273 Å². The Morgan fingerprint density at radius 1 is 0.756 bits per heavy atom. The van der Waals surface area contributed by atoms with Crippen molar-refractivity contribution in [1.82, 2.24) is 10.6 Å². The average Bonchev–Trinajstić information content (AvgIpc) is 3.00. The minimum atomic E-state index is -1.43. The summed E-state index contributed by atoms with van der Waals surface area (Å²) in [6, 6.07) is 22.0. The maximum absolute atomic E-state index is 11.5. The molecule has 0 spiro atoms. The molecule has 14 nitrogen and oxygen atoms in total. The molecule has 4 aromatic rings. The predicted octanol–water partition coefficient (Wildman–Crippen LogP) is 3.35. The van der Waals surface area contributed by atoms with E-state index in [2.05, 4.69) is 10.6 Å². The topological polar surface area (TPSA) is 237 Å². The van der Waals surface area contributed by atoms with E-state index < -0.39 is 17.0 Å². The first kappa shape index (κ1) is 38.0. The van der Waals surface area contributed by atoms with Crippen LogP contribution in [0.15, 0.2) is 84.9 Å². The summed E-state index contributed by atoms with van der Waals surface area (Å²) in [6.07, 6.45) is 0. The lowest BCUT2D eigenvalue weighted by molar-refractivity contribution is -0.385. The molecule has 236 valence electrons. The van der Waals surface area contributed by atoms with Gasteiger partial charge in [0.05, 0.1) is 19.0 Å². The molecule has 0 saturated carbocycles. The number of carbonyl (C=O) groups excluding carboxylic acids is 2. The molecule has 16 heteroatoms. The quantitative estimate of drug-likeness (QED) is 0.0556. The number of nitro benzene ring substituents is 2. The van der Waals surface area contributed by atoms with E-state index in [-0.39, 0.29) is 36.2 Å². The molecular weight excluding hydrogens is 698 g/mol. The van der Waals surface area contributed by atoms with E-state index in [1.807, 2.05) is 22.6 Å². The van der Waals surface area contributed by atoms with Gasteiger partial charge in [-0.2, -0.15) is 0 Å². The number of benzene rings is 4. The zero-order valence-corrected chi connectivity index (χ0v) is 25.6. The molecule has 0 aliphatic heterocycles. The van der Waals surface area contributed by atoms with Gasteiger partial charge in [0.25, 0.3) is 23.2 Å². The van der Waals surface area contributed by atoms with Crippen molar-refractivity contribution in [3.05, 3.63) is 120 Å². The van der Waals surface area contributed by atoms with Crippen LogP contribution in [-0.4, -0.2) is 52.9 Å². The van der Waals surface area contributed by atoms with E-state index in [9.17, 15) is 29.8 Å². The molecule has 45 heavy (non-hydrogen) atoms. The van der Waals surface area contributed by atoms with E-state index in [4.69, 9.17) is 21.5 Å². The Hall–Kier alpha value is -5.07. The lowest BCUT2D eigenvalue weighted by Gasteiger charge is -2.06. The van der Waals surface area contributed by atoms with Crippen molar-refractivity contribution < 1.29 is 29.5 Å². The van der Waals surface area contributed by atoms with Crippen LogP contribution in [0, 0.1) is 23.8 Å². The number of halogens is 1. The van der Waals surface area contributed by atoms with Gasteiger partial charge in [0.1, 0.15) is 0 Å². The van der Waals surface area contributed by atoms with Gasteiger partial charge in [0.15, 0.2) is 0 Å². The van der Waals surface area contributed by atoms with E-state index in [0.29, 0.717) is 37.1 Å². The summed E-state index contributed by atoms with van der Waals surface area (Å²) in [5, 5.41) is 43.9. The van der Waals surface area contributed by atoms with Gasteiger partial charge in [-0.05, 0) is 82.1 Å². The number of carbonyl (C=O) groups is 2. The highest BCUT2D eigenvalue weighted by Gasteiger charge is 2.18. The Morgan fingerprint density at radius 3 is 1.69 bits per heavy atom. The smallest absolute Gasteiger partial charge is 0.423 e. The number of amides is 2.